The second-order valence-corrected chi connectivity index (χ2v) is 9.17. The van der Waals surface area contributed by atoms with Gasteiger partial charge in [0.1, 0.15) is 11.4 Å². The number of halogens is 1. The Bertz CT molecular complexity index is 764. The summed E-state index contributed by atoms with van der Waals surface area (Å²) >= 11 is 0. The van der Waals surface area contributed by atoms with Crippen LogP contribution in [0.25, 0.3) is 0 Å². The van der Waals surface area contributed by atoms with Crippen molar-refractivity contribution < 1.29 is 23.8 Å². The molecule has 0 aliphatic carbocycles. The van der Waals surface area contributed by atoms with Crippen LogP contribution in [0.5, 0.6) is 0 Å². The maximum absolute atomic E-state index is 14.0. The van der Waals surface area contributed by atoms with Gasteiger partial charge in [-0.2, -0.15) is 0 Å². The summed E-state index contributed by atoms with van der Waals surface area (Å²) in [7, 11) is 0. The molecule has 2 fully saturated rings. The molecule has 2 saturated heterocycles. The number of anilines is 1. The molecule has 3 rings (SSSR count). The zero-order chi connectivity index (χ0) is 21.9. The zero-order valence-electron chi connectivity index (χ0n) is 18.1. The largest absolute Gasteiger partial charge is 0.478 e. The molecule has 1 N–H and O–H groups in total. The van der Waals surface area contributed by atoms with Gasteiger partial charge in [-0.05, 0) is 57.7 Å². The summed E-state index contributed by atoms with van der Waals surface area (Å²) in [6.45, 7) is 11.4. The Morgan fingerprint density at radius 1 is 1.10 bits per heavy atom. The van der Waals surface area contributed by atoms with Crippen molar-refractivity contribution in [2.24, 2.45) is 5.92 Å². The number of ether oxygens (including phenoxy) is 1. The fraction of sp³-hybridized carbons (Fsp3) is 0.636. The molecule has 2 aliphatic heterocycles. The molecule has 0 spiro atoms. The summed E-state index contributed by atoms with van der Waals surface area (Å²) < 4.78 is 19.4. The molecule has 166 valence electrons. The van der Waals surface area contributed by atoms with Gasteiger partial charge in [-0.1, -0.05) is 0 Å². The SMILES string of the molecule is CC(C)(C)OC(=O)N1CCN(CC2CCN(c3ccc(C(=O)O)c(F)c3)CC2)CC1. The Kier molecular flexibility index (Phi) is 6.85. The third-order valence-electron chi connectivity index (χ3n) is 5.70. The molecule has 0 atom stereocenters. The van der Waals surface area contributed by atoms with Gasteiger partial charge in [-0.25, -0.2) is 14.0 Å². The number of carbonyl (C=O) groups excluding carboxylic acids is 1. The average Bonchev–Trinajstić information content (AvgIpc) is 2.67. The summed E-state index contributed by atoms with van der Waals surface area (Å²) in [6.07, 6.45) is 1.78. The van der Waals surface area contributed by atoms with Crippen LogP contribution in [0.15, 0.2) is 18.2 Å². The van der Waals surface area contributed by atoms with E-state index in [9.17, 15) is 14.0 Å². The lowest BCUT2D eigenvalue weighted by Crippen LogP contribution is -2.51. The number of rotatable bonds is 4. The minimum Gasteiger partial charge on any atom is -0.478 e. The second-order valence-electron chi connectivity index (χ2n) is 9.17. The lowest BCUT2D eigenvalue weighted by Gasteiger charge is -2.39. The van der Waals surface area contributed by atoms with Crippen LogP contribution in [-0.4, -0.2) is 78.4 Å². The van der Waals surface area contributed by atoms with Crippen LogP contribution in [0.2, 0.25) is 0 Å². The topological polar surface area (TPSA) is 73.3 Å². The first-order valence-electron chi connectivity index (χ1n) is 10.6. The highest BCUT2D eigenvalue weighted by molar-refractivity contribution is 5.88. The van der Waals surface area contributed by atoms with Crippen LogP contribution in [0.4, 0.5) is 14.9 Å². The van der Waals surface area contributed by atoms with Gasteiger partial charge in [-0.15, -0.1) is 0 Å². The third kappa shape index (κ3) is 5.84. The van der Waals surface area contributed by atoms with Crippen molar-refractivity contribution in [1.29, 1.82) is 0 Å². The molecule has 2 aliphatic rings. The number of hydrogen-bond donors (Lipinski definition) is 1. The molecule has 0 bridgehead atoms. The van der Waals surface area contributed by atoms with Gasteiger partial charge in [-0.3, -0.25) is 4.90 Å². The molecular weight excluding hydrogens is 389 g/mol. The Hall–Kier alpha value is -2.35. The first-order valence-corrected chi connectivity index (χ1v) is 10.6. The monoisotopic (exact) mass is 421 g/mol. The van der Waals surface area contributed by atoms with E-state index in [0.717, 1.165) is 51.3 Å². The molecule has 1 amide bonds. The van der Waals surface area contributed by atoms with E-state index in [-0.39, 0.29) is 11.7 Å². The second kappa shape index (κ2) is 9.20. The van der Waals surface area contributed by atoms with Crippen molar-refractivity contribution in [2.45, 2.75) is 39.2 Å². The van der Waals surface area contributed by atoms with E-state index in [1.807, 2.05) is 20.8 Å². The molecule has 0 saturated carbocycles. The van der Waals surface area contributed by atoms with Crippen molar-refractivity contribution >= 4 is 17.7 Å². The van der Waals surface area contributed by atoms with E-state index in [1.165, 1.54) is 12.1 Å². The number of benzene rings is 1. The van der Waals surface area contributed by atoms with E-state index in [0.29, 0.717) is 19.0 Å². The predicted molar refractivity (Wildman–Crippen MR) is 113 cm³/mol. The highest BCUT2D eigenvalue weighted by Crippen LogP contribution is 2.26. The Morgan fingerprint density at radius 3 is 2.27 bits per heavy atom. The fourth-order valence-electron chi connectivity index (χ4n) is 4.05. The van der Waals surface area contributed by atoms with E-state index in [2.05, 4.69) is 9.80 Å². The van der Waals surface area contributed by atoms with Crippen molar-refractivity contribution in [3.05, 3.63) is 29.6 Å². The molecule has 8 heteroatoms. The molecule has 0 radical (unpaired) electrons. The first-order chi connectivity index (χ1) is 14.1. The number of nitrogens with zero attached hydrogens (tertiary/aromatic N) is 3. The van der Waals surface area contributed by atoms with Gasteiger partial charge in [0.25, 0.3) is 0 Å². The number of piperidine rings is 1. The molecule has 0 aromatic heterocycles. The van der Waals surface area contributed by atoms with Crippen LogP contribution in [0.1, 0.15) is 44.0 Å². The smallest absolute Gasteiger partial charge is 0.410 e. The molecule has 1 aromatic carbocycles. The molecular formula is C22H32FN3O4. The molecule has 2 heterocycles. The van der Waals surface area contributed by atoms with Gasteiger partial charge < -0.3 is 19.6 Å². The zero-order valence-corrected chi connectivity index (χ0v) is 18.1. The van der Waals surface area contributed by atoms with Crippen molar-refractivity contribution in [3.8, 4) is 0 Å². The first kappa shape index (κ1) is 22.3. The maximum atomic E-state index is 14.0. The van der Waals surface area contributed by atoms with Gasteiger partial charge in [0.2, 0.25) is 0 Å². The van der Waals surface area contributed by atoms with Gasteiger partial charge in [0.15, 0.2) is 0 Å². The molecule has 7 nitrogen and oxygen atoms in total. The summed E-state index contributed by atoms with van der Waals surface area (Å²) in [6, 6.07) is 4.34. The number of carbonyl (C=O) groups is 2. The number of aromatic carboxylic acids is 1. The van der Waals surface area contributed by atoms with Crippen LogP contribution in [0.3, 0.4) is 0 Å². The Labute approximate surface area is 177 Å². The molecule has 0 unspecified atom stereocenters. The van der Waals surface area contributed by atoms with Crippen molar-refractivity contribution in [3.63, 3.8) is 0 Å². The molecule has 1 aromatic rings. The summed E-state index contributed by atoms with van der Waals surface area (Å²) in [5.74, 6) is -1.37. The van der Waals surface area contributed by atoms with Crippen LogP contribution in [0, 0.1) is 11.7 Å². The summed E-state index contributed by atoms with van der Waals surface area (Å²) in [5.41, 5.74) is -0.0277. The van der Waals surface area contributed by atoms with Crippen LogP contribution >= 0.6 is 0 Å². The Balaban J connectivity index is 1.43. The number of amides is 1. The number of piperazine rings is 1. The summed E-state index contributed by atoms with van der Waals surface area (Å²) in [4.78, 5) is 29.5. The van der Waals surface area contributed by atoms with Crippen molar-refractivity contribution in [2.75, 3.05) is 50.7 Å². The van der Waals surface area contributed by atoms with E-state index in [4.69, 9.17) is 9.84 Å². The van der Waals surface area contributed by atoms with Crippen LogP contribution < -0.4 is 4.90 Å². The quantitative estimate of drug-likeness (QED) is 0.804. The standard InChI is InChI=1S/C22H32FN3O4/c1-22(2,3)30-21(29)26-12-10-24(11-13-26)15-16-6-8-25(9-7-16)17-4-5-18(20(27)28)19(23)14-17/h4-5,14,16H,6-13,15H2,1-3H3,(H,27,28). The van der Waals surface area contributed by atoms with Gasteiger partial charge >= 0.3 is 12.1 Å². The lowest BCUT2D eigenvalue weighted by atomic mass is 9.95. The normalized spacial score (nSPS) is 19.1. The van der Waals surface area contributed by atoms with Gasteiger partial charge in [0.05, 0.1) is 5.56 Å². The maximum Gasteiger partial charge on any atom is 0.410 e. The van der Waals surface area contributed by atoms with E-state index >= 15 is 0 Å². The summed E-state index contributed by atoms with van der Waals surface area (Å²) in [5, 5.41) is 8.97. The number of hydrogen-bond acceptors (Lipinski definition) is 5. The van der Waals surface area contributed by atoms with Crippen LogP contribution in [-0.2, 0) is 4.74 Å². The average molecular weight is 422 g/mol. The molecule has 30 heavy (non-hydrogen) atoms. The van der Waals surface area contributed by atoms with E-state index in [1.54, 1.807) is 11.0 Å². The lowest BCUT2D eigenvalue weighted by molar-refractivity contribution is 0.0130. The Morgan fingerprint density at radius 2 is 1.73 bits per heavy atom. The van der Waals surface area contributed by atoms with Gasteiger partial charge in [0, 0.05) is 51.5 Å². The third-order valence-corrected chi connectivity index (χ3v) is 5.70. The van der Waals surface area contributed by atoms with Crippen molar-refractivity contribution in [1.82, 2.24) is 9.80 Å². The highest BCUT2D eigenvalue weighted by Gasteiger charge is 2.28. The number of carboxylic acids is 1. The predicted octanol–water partition coefficient (Wildman–Crippen LogP) is 3.29. The minimum atomic E-state index is -1.25. The highest BCUT2D eigenvalue weighted by atomic mass is 19.1. The fourth-order valence-corrected chi connectivity index (χ4v) is 4.05. The minimum absolute atomic E-state index is 0.239. The number of carboxylic acid groups (broad SMARTS) is 1. The van der Waals surface area contributed by atoms with E-state index < -0.39 is 17.4 Å².